The number of rotatable bonds is 0. The topological polar surface area (TPSA) is 12.9 Å². The Morgan fingerprint density at radius 3 is 2.93 bits per heavy atom. The summed E-state index contributed by atoms with van der Waals surface area (Å²) < 4.78 is 3.60. The Hall–Kier alpha value is -0.840. The third kappa shape index (κ3) is 1.11. The van der Waals surface area contributed by atoms with Crippen LogP contribution in [0.4, 0.5) is 0 Å². The van der Waals surface area contributed by atoms with Crippen LogP contribution < -0.4 is 0 Å². The molecule has 0 spiro atoms. The SMILES string of the molecule is Cc1cccc2c1ccc1[te]cnc12. The summed E-state index contributed by atoms with van der Waals surface area (Å²) in [4.78, 5) is 4.50. The zero-order valence-electron chi connectivity index (χ0n) is 7.82. The minimum absolute atomic E-state index is 0.125. The molecule has 0 atom stereocenters. The maximum absolute atomic E-state index is 4.50. The molecule has 2 aromatic carbocycles. The van der Waals surface area contributed by atoms with Gasteiger partial charge in [0.25, 0.3) is 0 Å². The van der Waals surface area contributed by atoms with Crippen molar-refractivity contribution in [1.82, 2.24) is 4.98 Å². The van der Waals surface area contributed by atoms with E-state index >= 15 is 0 Å². The average molecular weight is 295 g/mol. The zero-order chi connectivity index (χ0) is 9.54. The molecule has 0 aliphatic heterocycles. The summed E-state index contributed by atoms with van der Waals surface area (Å²) >= 11 is -0.125. The molecule has 3 rings (SSSR count). The first-order valence-corrected chi connectivity index (χ1v) is 7.09. The third-order valence-corrected chi connectivity index (χ3v) is 4.84. The van der Waals surface area contributed by atoms with Crippen LogP contribution in [0.25, 0.3) is 19.7 Å². The van der Waals surface area contributed by atoms with Crippen LogP contribution in [-0.4, -0.2) is 25.4 Å². The van der Waals surface area contributed by atoms with Crippen molar-refractivity contribution in [3.05, 3.63) is 40.1 Å². The Morgan fingerprint density at radius 1 is 1.07 bits per heavy atom. The van der Waals surface area contributed by atoms with Crippen molar-refractivity contribution in [3.8, 4) is 0 Å². The molecule has 2 heteroatoms. The van der Waals surface area contributed by atoms with E-state index in [2.05, 4.69) is 46.5 Å². The van der Waals surface area contributed by atoms with Gasteiger partial charge >= 0.3 is 92.1 Å². The molecular formula is C12H9NTe. The van der Waals surface area contributed by atoms with Crippen LogP contribution in [0.1, 0.15) is 5.56 Å². The summed E-state index contributed by atoms with van der Waals surface area (Å²) in [7, 11) is 0. The van der Waals surface area contributed by atoms with Gasteiger partial charge in [-0.2, -0.15) is 0 Å². The molecule has 0 bridgehead atoms. The molecule has 1 aromatic heterocycles. The van der Waals surface area contributed by atoms with Gasteiger partial charge in [0.1, 0.15) is 0 Å². The van der Waals surface area contributed by atoms with E-state index in [1.807, 2.05) is 0 Å². The van der Waals surface area contributed by atoms with Crippen LogP contribution in [0.2, 0.25) is 0 Å². The van der Waals surface area contributed by atoms with Gasteiger partial charge in [-0.25, -0.2) is 0 Å². The predicted octanol–water partition coefficient (Wildman–Crippen LogP) is 2.75. The fraction of sp³-hybridized carbons (Fsp3) is 0.0833. The molecule has 3 aromatic rings. The summed E-state index contributed by atoms with van der Waals surface area (Å²) in [5.74, 6) is 0. The number of aromatic nitrogens is 1. The molecule has 1 nitrogen and oxygen atoms in total. The molecule has 68 valence electrons. The third-order valence-electron chi connectivity index (χ3n) is 2.58. The first-order valence-electron chi connectivity index (χ1n) is 4.58. The van der Waals surface area contributed by atoms with Crippen molar-refractivity contribution in [2.24, 2.45) is 0 Å². The number of fused-ring (bicyclic) bond motifs is 3. The number of aryl methyl sites for hydroxylation is 1. The van der Waals surface area contributed by atoms with E-state index in [1.54, 1.807) is 0 Å². The Morgan fingerprint density at radius 2 is 2.00 bits per heavy atom. The Labute approximate surface area is 92.0 Å². The molecule has 1 heterocycles. The van der Waals surface area contributed by atoms with Gasteiger partial charge in [-0.1, -0.05) is 0 Å². The van der Waals surface area contributed by atoms with E-state index in [0.29, 0.717) is 0 Å². The summed E-state index contributed by atoms with van der Waals surface area (Å²) in [6.07, 6.45) is 0. The Bertz CT molecular complexity index is 610. The predicted molar refractivity (Wildman–Crippen MR) is 60.9 cm³/mol. The van der Waals surface area contributed by atoms with Crippen molar-refractivity contribution in [2.45, 2.75) is 6.92 Å². The van der Waals surface area contributed by atoms with Crippen LogP contribution in [0, 0.1) is 6.92 Å². The van der Waals surface area contributed by atoms with Crippen LogP contribution in [0.5, 0.6) is 0 Å². The van der Waals surface area contributed by atoms with Crippen LogP contribution in [0.3, 0.4) is 0 Å². The van der Waals surface area contributed by atoms with Crippen molar-refractivity contribution < 1.29 is 0 Å². The number of hydrogen-bond acceptors (Lipinski definition) is 1. The van der Waals surface area contributed by atoms with Crippen molar-refractivity contribution >= 4 is 40.1 Å². The van der Waals surface area contributed by atoms with Gasteiger partial charge in [-0.3, -0.25) is 0 Å². The molecule has 0 amide bonds. The van der Waals surface area contributed by atoms with E-state index in [0.717, 1.165) is 0 Å². The van der Waals surface area contributed by atoms with Crippen molar-refractivity contribution in [1.29, 1.82) is 0 Å². The quantitative estimate of drug-likeness (QED) is 0.581. The molecule has 0 fully saturated rings. The standard InChI is InChI=1S/C12H9NTe/c1-8-3-2-4-10-9(8)5-6-11-12(10)13-7-14-11/h2-7H,1H3. The van der Waals surface area contributed by atoms with Crippen LogP contribution in [-0.2, 0) is 0 Å². The minimum atomic E-state index is -0.125. The van der Waals surface area contributed by atoms with Gasteiger partial charge < -0.3 is 0 Å². The first-order chi connectivity index (χ1) is 6.86. The molecule has 0 saturated heterocycles. The van der Waals surface area contributed by atoms with Gasteiger partial charge in [0.05, 0.1) is 0 Å². The number of nitrogens with zero attached hydrogens (tertiary/aromatic N) is 1. The van der Waals surface area contributed by atoms with E-state index < -0.39 is 0 Å². The van der Waals surface area contributed by atoms with Crippen molar-refractivity contribution in [2.75, 3.05) is 0 Å². The molecule has 14 heavy (non-hydrogen) atoms. The van der Waals surface area contributed by atoms with Gasteiger partial charge in [0.15, 0.2) is 0 Å². The summed E-state index contributed by atoms with van der Waals surface area (Å²) in [5, 5.41) is 2.67. The van der Waals surface area contributed by atoms with E-state index in [-0.39, 0.29) is 20.4 Å². The average Bonchev–Trinajstić information content (AvgIpc) is 2.66. The van der Waals surface area contributed by atoms with Gasteiger partial charge in [-0.15, -0.1) is 0 Å². The summed E-state index contributed by atoms with van der Waals surface area (Å²) in [6, 6.07) is 10.9. The number of hydrogen-bond donors (Lipinski definition) is 0. The number of benzene rings is 2. The molecule has 0 unspecified atom stereocenters. The zero-order valence-corrected chi connectivity index (χ0v) is 10.1. The van der Waals surface area contributed by atoms with E-state index in [9.17, 15) is 0 Å². The normalized spacial score (nSPS) is 11.2. The van der Waals surface area contributed by atoms with E-state index in [4.69, 9.17) is 0 Å². The second-order valence-corrected chi connectivity index (χ2v) is 5.96. The van der Waals surface area contributed by atoms with Crippen LogP contribution >= 0.6 is 0 Å². The molecular weight excluding hydrogens is 286 g/mol. The molecule has 0 saturated carbocycles. The second kappa shape index (κ2) is 3.08. The molecule has 0 aliphatic rings. The van der Waals surface area contributed by atoms with Crippen LogP contribution in [0.15, 0.2) is 34.5 Å². The second-order valence-electron chi connectivity index (χ2n) is 3.43. The van der Waals surface area contributed by atoms with Gasteiger partial charge in [0.2, 0.25) is 0 Å². The monoisotopic (exact) mass is 297 g/mol. The summed E-state index contributed by atoms with van der Waals surface area (Å²) in [5.41, 5.74) is 2.57. The van der Waals surface area contributed by atoms with E-state index in [1.165, 1.54) is 25.3 Å². The summed E-state index contributed by atoms with van der Waals surface area (Å²) in [6.45, 7) is 2.16. The fourth-order valence-corrected chi connectivity index (χ4v) is 3.82. The van der Waals surface area contributed by atoms with Gasteiger partial charge in [0, 0.05) is 0 Å². The molecule has 0 N–H and O–H groups in total. The molecule has 0 aliphatic carbocycles. The van der Waals surface area contributed by atoms with Crippen molar-refractivity contribution in [3.63, 3.8) is 0 Å². The Balaban J connectivity index is 2.64. The van der Waals surface area contributed by atoms with Gasteiger partial charge in [-0.05, 0) is 0 Å². The maximum atomic E-state index is 4.50. The Kier molecular flexibility index (Phi) is 1.86. The first kappa shape index (κ1) is 8.47. The molecule has 0 radical (unpaired) electrons. The fourth-order valence-electron chi connectivity index (χ4n) is 1.84.